The van der Waals surface area contributed by atoms with Gasteiger partial charge in [-0.3, -0.25) is 0 Å². The first-order valence-corrected chi connectivity index (χ1v) is 25.4. The summed E-state index contributed by atoms with van der Waals surface area (Å²) < 4.78 is 0. The number of hydrogen-bond acceptors (Lipinski definition) is 9. The van der Waals surface area contributed by atoms with Crippen LogP contribution >= 0.6 is 0 Å². The van der Waals surface area contributed by atoms with E-state index in [4.69, 9.17) is 0 Å². The Morgan fingerprint density at radius 3 is 0.949 bits per heavy atom. The summed E-state index contributed by atoms with van der Waals surface area (Å²) in [5.41, 5.74) is 7.43. The van der Waals surface area contributed by atoms with Crippen LogP contribution in [0.2, 0.25) is 0 Å². The van der Waals surface area contributed by atoms with Crippen molar-refractivity contribution < 1.29 is 60.0 Å². The molecular formula is C66H55NO12. The topological polar surface area (TPSA) is 233 Å². The van der Waals surface area contributed by atoms with Gasteiger partial charge in [0, 0.05) is 41.6 Å². The van der Waals surface area contributed by atoms with Crippen molar-refractivity contribution >= 4 is 72.5 Å². The molecule has 0 aromatic heterocycles. The maximum absolute atomic E-state index is 11.6. The average molecular weight is 1050 g/mol. The summed E-state index contributed by atoms with van der Waals surface area (Å²) in [6, 6.07) is 51.3. The van der Waals surface area contributed by atoms with Gasteiger partial charge < -0.3 is 45.8 Å². The first-order chi connectivity index (χ1) is 38.0. The first-order valence-electron chi connectivity index (χ1n) is 25.4. The van der Waals surface area contributed by atoms with Crippen LogP contribution in [0.25, 0.3) is 48.7 Å². The quantitative estimate of drug-likeness (QED) is 0.0603. The van der Waals surface area contributed by atoms with Gasteiger partial charge in [0.1, 0.15) is 45.3 Å². The Kier molecular flexibility index (Phi) is 15.7. The highest BCUT2D eigenvalue weighted by Gasteiger charge is 2.25. The maximum atomic E-state index is 11.6. The van der Waals surface area contributed by atoms with Crippen LogP contribution in [0.15, 0.2) is 176 Å². The zero-order valence-electron chi connectivity index (χ0n) is 43.1. The van der Waals surface area contributed by atoms with Gasteiger partial charge in [0.2, 0.25) is 0 Å². The molecule has 11 rings (SSSR count). The lowest BCUT2D eigenvalue weighted by Gasteiger charge is -2.16. The number of carbonyl (C=O) groups is 4. The van der Waals surface area contributed by atoms with E-state index in [2.05, 4.69) is 73.6 Å². The number of hydrogen-bond donors (Lipinski definition) is 8. The molecule has 0 saturated carbocycles. The number of rotatable bonds is 11. The lowest BCUT2D eigenvalue weighted by atomic mass is 9.90. The van der Waals surface area contributed by atoms with Gasteiger partial charge in [-0.15, -0.1) is 0 Å². The van der Waals surface area contributed by atoms with Crippen molar-refractivity contribution in [3.05, 3.63) is 243 Å². The lowest BCUT2D eigenvalue weighted by molar-refractivity contribution is 0.0682. The molecule has 13 nitrogen and oxygen atoms in total. The molecule has 0 saturated heterocycles. The van der Waals surface area contributed by atoms with E-state index in [1.54, 1.807) is 97.1 Å². The number of carboxylic acid groups (broad SMARTS) is 4. The van der Waals surface area contributed by atoms with Crippen molar-refractivity contribution in [2.45, 2.75) is 32.1 Å². The van der Waals surface area contributed by atoms with Gasteiger partial charge in [0.05, 0.1) is 0 Å². The Morgan fingerprint density at radius 1 is 0.405 bits per heavy atom. The average Bonchev–Trinajstić information content (AvgIpc) is 3.76. The molecular weight excluding hydrogens is 999 g/mol. The maximum Gasteiger partial charge on any atom is 0.339 e. The predicted octanol–water partition coefficient (Wildman–Crippen LogP) is 13.0. The Hall–Kier alpha value is -9.98. The zero-order chi connectivity index (χ0) is 56.1. The van der Waals surface area contributed by atoms with Crippen molar-refractivity contribution in [3.63, 3.8) is 0 Å². The van der Waals surface area contributed by atoms with Crippen LogP contribution in [0.3, 0.4) is 0 Å². The molecule has 10 aromatic carbocycles. The molecule has 0 amide bonds. The number of nitrogens with zero attached hydrogens (tertiary/aromatic N) is 1. The van der Waals surface area contributed by atoms with E-state index in [1.165, 1.54) is 52.1 Å². The number of fused-ring (bicyclic) bond motifs is 6. The summed E-state index contributed by atoms with van der Waals surface area (Å²) in [5.74, 6) is -6.71. The van der Waals surface area contributed by atoms with Gasteiger partial charge in [-0.25, -0.2) is 19.2 Å². The molecule has 0 spiro atoms. The van der Waals surface area contributed by atoms with Crippen molar-refractivity contribution in [1.29, 1.82) is 0 Å². The second-order valence-electron chi connectivity index (χ2n) is 19.5. The molecule has 8 N–H and O–H groups in total. The summed E-state index contributed by atoms with van der Waals surface area (Å²) in [7, 11) is 4.26. The van der Waals surface area contributed by atoms with E-state index in [-0.39, 0.29) is 35.1 Å². The van der Waals surface area contributed by atoms with E-state index in [0.29, 0.717) is 65.3 Å². The van der Waals surface area contributed by atoms with E-state index in [0.717, 1.165) is 25.8 Å². The minimum Gasteiger partial charge on any atom is -0.507 e. The molecule has 0 heterocycles. The van der Waals surface area contributed by atoms with E-state index < -0.39 is 46.9 Å². The molecule has 13 heteroatoms. The fourth-order valence-corrected chi connectivity index (χ4v) is 10.5. The minimum atomic E-state index is -1.28. The van der Waals surface area contributed by atoms with Crippen molar-refractivity contribution in [2.75, 3.05) is 20.6 Å². The summed E-state index contributed by atoms with van der Waals surface area (Å²) in [4.78, 5) is 48.7. The normalized spacial score (nSPS) is 11.7. The third-order valence-electron chi connectivity index (χ3n) is 14.3. The first kappa shape index (κ1) is 53.8. The summed E-state index contributed by atoms with van der Waals surface area (Å²) >= 11 is 0. The minimum absolute atomic E-state index is 0.0407. The standard InChI is InChI=1S/2C23H16O6.C20H23N/c2*24-20-16(14-7-3-1-5-12(14)9-18(20)22(26)27)11-17-15-8-4-2-6-13(15)10-19(21(17)25)23(28)29;1-21(2)15-7-12-20-18-10-5-3-8-16(18)13-14-17-9-4-6-11-19(17)20/h2*1-10,24-25H,11H2,(H,26,27)(H,28,29);3-6,8-12H,7,13-15H2,1-2H3. The van der Waals surface area contributed by atoms with Crippen LogP contribution in [-0.4, -0.2) is 90.3 Å². The van der Waals surface area contributed by atoms with Gasteiger partial charge in [0.25, 0.3) is 0 Å². The number of aromatic carboxylic acids is 4. The van der Waals surface area contributed by atoms with Gasteiger partial charge in [-0.2, -0.15) is 0 Å². The summed E-state index contributed by atoms with van der Waals surface area (Å²) in [6.07, 6.45) is 5.70. The Bertz CT molecular complexity index is 3630. The highest BCUT2D eigenvalue weighted by molar-refractivity contribution is 6.04. The van der Waals surface area contributed by atoms with Gasteiger partial charge in [-0.05, 0) is 129 Å². The fourth-order valence-electron chi connectivity index (χ4n) is 10.5. The number of phenols is 4. The molecule has 79 heavy (non-hydrogen) atoms. The number of aryl methyl sites for hydroxylation is 2. The van der Waals surface area contributed by atoms with E-state index in [1.807, 2.05) is 0 Å². The van der Waals surface area contributed by atoms with E-state index in [9.17, 15) is 60.0 Å². The molecule has 1 aliphatic rings. The number of aromatic hydroxyl groups is 4. The van der Waals surface area contributed by atoms with Crippen LogP contribution in [0.4, 0.5) is 0 Å². The van der Waals surface area contributed by atoms with Gasteiger partial charge >= 0.3 is 23.9 Å². The molecule has 1 aliphatic carbocycles. The Labute approximate surface area is 454 Å². The SMILES string of the molecule is CN(C)CCC=C1c2ccccc2CCc2ccccc21.O=C(O)c1cc2ccccc2c(Cc2c(O)c(C(=O)O)cc3ccccc23)c1O.O=C(O)c1cc2ccccc2c(Cc2c(O)c(C(=O)O)cc3ccccc23)c1O. The summed E-state index contributed by atoms with van der Waals surface area (Å²) in [5, 5.41) is 85.6. The van der Waals surface area contributed by atoms with Crippen molar-refractivity contribution in [3.8, 4) is 23.0 Å². The van der Waals surface area contributed by atoms with E-state index >= 15 is 0 Å². The Morgan fingerprint density at radius 2 is 0.671 bits per heavy atom. The molecule has 0 fully saturated rings. The lowest BCUT2D eigenvalue weighted by Crippen LogP contribution is -2.12. The molecule has 0 aliphatic heterocycles. The molecule has 396 valence electrons. The smallest absolute Gasteiger partial charge is 0.339 e. The van der Waals surface area contributed by atoms with Crippen molar-refractivity contribution in [2.24, 2.45) is 0 Å². The zero-order valence-corrected chi connectivity index (χ0v) is 43.1. The molecule has 10 aromatic rings. The molecule has 0 unspecified atom stereocenters. The second-order valence-corrected chi connectivity index (χ2v) is 19.5. The highest BCUT2D eigenvalue weighted by Crippen LogP contribution is 2.41. The highest BCUT2D eigenvalue weighted by atomic mass is 16.4. The van der Waals surface area contributed by atoms with Crippen LogP contribution in [0.5, 0.6) is 23.0 Å². The second kappa shape index (κ2) is 23.1. The largest absolute Gasteiger partial charge is 0.507 e. The van der Waals surface area contributed by atoms with Crippen LogP contribution in [-0.2, 0) is 25.7 Å². The monoisotopic (exact) mass is 1050 g/mol. The molecule has 0 radical (unpaired) electrons. The van der Waals surface area contributed by atoms with Crippen LogP contribution in [0, 0.1) is 0 Å². The van der Waals surface area contributed by atoms with Gasteiger partial charge in [-0.1, -0.05) is 152 Å². The third kappa shape index (κ3) is 11.2. The third-order valence-corrected chi connectivity index (χ3v) is 14.3. The van der Waals surface area contributed by atoms with Crippen molar-refractivity contribution in [1.82, 2.24) is 4.90 Å². The Balaban J connectivity index is 0.000000146. The molecule has 0 atom stereocenters. The summed E-state index contributed by atoms with van der Waals surface area (Å²) in [6.45, 7) is 1.09. The number of benzene rings is 10. The fraction of sp³-hybridized carbons (Fsp3) is 0.121. The number of carboxylic acids is 4. The van der Waals surface area contributed by atoms with Crippen LogP contribution < -0.4 is 0 Å². The predicted molar refractivity (Wildman–Crippen MR) is 306 cm³/mol. The van der Waals surface area contributed by atoms with Gasteiger partial charge in [0.15, 0.2) is 0 Å². The molecule has 0 bridgehead atoms. The van der Waals surface area contributed by atoms with Crippen LogP contribution in [0.1, 0.15) is 92.4 Å².